The minimum Gasteiger partial charge on any atom is -0.392 e. The van der Waals surface area contributed by atoms with Crippen LogP contribution in [0.2, 0.25) is 0 Å². The van der Waals surface area contributed by atoms with Crippen LogP contribution in [0.15, 0.2) is 29.8 Å². The van der Waals surface area contributed by atoms with Crippen LogP contribution in [-0.2, 0) is 0 Å². The Morgan fingerprint density at radius 2 is 1.93 bits per heavy atom. The molecule has 1 nitrogen and oxygen atoms in total. The predicted octanol–water partition coefficient (Wildman–Crippen LogP) is 3.02. The van der Waals surface area contributed by atoms with Crippen molar-refractivity contribution >= 4 is 6.08 Å². The van der Waals surface area contributed by atoms with Crippen LogP contribution in [0.1, 0.15) is 24.5 Å². The van der Waals surface area contributed by atoms with Gasteiger partial charge >= 0.3 is 0 Å². The lowest BCUT2D eigenvalue weighted by atomic mass is 10.1. The van der Waals surface area contributed by atoms with E-state index >= 15 is 0 Å². The summed E-state index contributed by atoms with van der Waals surface area (Å²) >= 11 is 0. The highest BCUT2D eigenvalue weighted by molar-refractivity contribution is 5.52. The zero-order valence-electron chi connectivity index (χ0n) is 7.87. The van der Waals surface area contributed by atoms with Crippen molar-refractivity contribution in [3.63, 3.8) is 0 Å². The number of alkyl halides is 2. The fourth-order valence-corrected chi connectivity index (χ4v) is 1.07. The average Bonchev–Trinajstić information content (AvgIpc) is 2.18. The summed E-state index contributed by atoms with van der Waals surface area (Å²) in [5.41, 5.74) is 1.64. The molecule has 1 aromatic rings. The van der Waals surface area contributed by atoms with Crippen molar-refractivity contribution in [3.8, 4) is 0 Å². The smallest absolute Gasteiger partial charge is 0.263 e. The minimum atomic E-state index is -2.42. The number of halogens is 2. The third kappa shape index (κ3) is 2.92. The molecule has 1 aromatic carbocycles. The molecule has 1 N–H and O–H groups in total. The highest BCUT2D eigenvalue weighted by Crippen LogP contribution is 2.19. The monoisotopic (exact) mass is 198 g/mol. The van der Waals surface area contributed by atoms with Gasteiger partial charge in [0.1, 0.15) is 0 Å². The number of aliphatic hydroxyl groups excluding tert-OH is 1. The molecular weight excluding hydrogens is 186 g/mol. The molecule has 0 saturated carbocycles. The second kappa shape index (κ2) is 4.86. The third-order valence-corrected chi connectivity index (χ3v) is 1.85. The molecule has 0 unspecified atom stereocenters. The first-order valence-corrected chi connectivity index (χ1v) is 4.29. The summed E-state index contributed by atoms with van der Waals surface area (Å²) < 4.78 is 24.3. The summed E-state index contributed by atoms with van der Waals surface area (Å²) in [7, 11) is 0. The topological polar surface area (TPSA) is 20.2 Å². The van der Waals surface area contributed by atoms with Gasteiger partial charge in [-0.15, -0.1) is 0 Å². The molecule has 0 aromatic heterocycles. The van der Waals surface area contributed by atoms with Gasteiger partial charge in [0.2, 0.25) is 0 Å². The Morgan fingerprint density at radius 3 is 2.36 bits per heavy atom. The maximum Gasteiger partial charge on any atom is 0.263 e. The molecule has 3 heteroatoms. The van der Waals surface area contributed by atoms with Crippen LogP contribution in [-0.4, -0.2) is 11.7 Å². The van der Waals surface area contributed by atoms with Crippen molar-refractivity contribution in [3.05, 3.63) is 41.0 Å². The lowest BCUT2D eigenvalue weighted by molar-refractivity contribution is 0.151. The molecule has 0 spiro atoms. The standard InChI is InChI=1S/C11H12F2O/c1-8(7-14)6-9-2-4-10(5-3-9)11(12)13/h2-6,11,14H,7H2,1H3/b8-6-. The van der Waals surface area contributed by atoms with Crippen LogP contribution in [0.3, 0.4) is 0 Å². The van der Waals surface area contributed by atoms with Gasteiger partial charge in [0.05, 0.1) is 6.61 Å². The molecule has 0 aliphatic carbocycles. The summed E-state index contributed by atoms with van der Waals surface area (Å²) in [4.78, 5) is 0. The summed E-state index contributed by atoms with van der Waals surface area (Å²) in [5.74, 6) is 0. The van der Waals surface area contributed by atoms with E-state index in [1.807, 2.05) is 0 Å². The second-order valence-electron chi connectivity index (χ2n) is 3.12. The van der Waals surface area contributed by atoms with Gasteiger partial charge in [0, 0.05) is 5.56 Å². The number of benzene rings is 1. The molecule has 0 heterocycles. The van der Waals surface area contributed by atoms with Crippen molar-refractivity contribution in [2.45, 2.75) is 13.3 Å². The molecule has 0 aliphatic rings. The van der Waals surface area contributed by atoms with E-state index in [4.69, 9.17) is 5.11 Å². The zero-order valence-corrected chi connectivity index (χ0v) is 7.87. The van der Waals surface area contributed by atoms with E-state index in [-0.39, 0.29) is 12.2 Å². The van der Waals surface area contributed by atoms with Crippen molar-refractivity contribution in [2.75, 3.05) is 6.61 Å². The molecule has 76 valence electrons. The SMILES string of the molecule is C/C(=C/c1ccc(C(F)F)cc1)CO. The van der Waals surface area contributed by atoms with Crippen LogP contribution in [0.4, 0.5) is 8.78 Å². The van der Waals surface area contributed by atoms with E-state index < -0.39 is 6.43 Å². The highest BCUT2D eigenvalue weighted by Gasteiger charge is 2.04. The van der Waals surface area contributed by atoms with E-state index in [9.17, 15) is 8.78 Å². The fraction of sp³-hybridized carbons (Fsp3) is 0.273. The third-order valence-electron chi connectivity index (χ3n) is 1.85. The van der Waals surface area contributed by atoms with Crippen molar-refractivity contribution in [1.82, 2.24) is 0 Å². The van der Waals surface area contributed by atoms with Gasteiger partial charge in [-0.1, -0.05) is 30.3 Å². The molecule has 0 bridgehead atoms. The lowest BCUT2D eigenvalue weighted by Crippen LogP contribution is -1.86. The Hall–Kier alpha value is -1.22. The van der Waals surface area contributed by atoms with Crippen LogP contribution in [0, 0.1) is 0 Å². The van der Waals surface area contributed by atoms with Gasteiger partial charge in [0.25, 0.3) is 6.43 Å². The van der Waals surface area contributed by atoms with Crippen molar-refractivity contribution in [2.24, 2.45) is 0 Å². The van der Waals surface area contributed by atoms with Gasteiger partial charge in [-0.25, -0.2) is 8.78 Å². The van der Waals surface area contributed by atoms with Gasteiger partial charge in [-0.2, -0.15) is 0 Å². The van der Waals surface area contributed by atoms with Crippen LogP contribution < -0.4 is 0 Å². The number of hydrogen-bond donors (Lipinski definition) is 1. The fourth-order valence-electron chi connectivity index (χ4n) is 1.07. The highest BCUT2D eigenvalue weighted by atomic mass is 19.3. The maximum absolute atomic E-state index is 12.2. The Labute approximate surface area is 81.7 Å². The quantitative estimate of drug-likeness (QED) is 0.791. The molecule has 0 saturated heterocycles. The van der Waals surface area contributed by atoms with E-state index in [0.29, 0.717) is 0 Å². The van der Waals surface area contributed by atoms with Crippen LogP contribution in [0.5, 0.6) is 0 Å². The Balaban J connectivity index is 2.84. The van der Waals surface area contributed by atoms with Gasteiger partial charge in [-0.3, -0.25) is 0 Å². The number of rotatable bonds is 3. The summed E-state index contributed by atoms with van der Waals surface area (Å²) in [6.07, 6.45) is -0.665. The molecule has 0 radical (unpaired) electrons. The molecule has 0 aliphatic heterocycles. The minimum absolute atomic E-state index is 0.0173. The van der Waals surface area contributed by atoms with Gasteiger partial charge in [-0.05, 0) is 18.1 Å². The summed E-state index contributed by atoms with van der Waals surface area (Å²) in [6.45, 7) is 1.76. The van der Waals surface area contributed by atoms with Crippen molar-refractivity contribution in [1.29, 1.82) is 0 Å². The molecule has 0 atom stereocenters. The van der Waals surface area contributed by atoms with E-state index in [1.54, 1.807) is 25.1 Å². The average molecular weight is 198 g/mol. The Morgan fingerprint density at radius 1 is 1.36 bits per heavy atom. The van der Waals surface area contributed by atoms with E-state index in [1.165, 1.54) is 12.1 Å². The molecular formula is C11H12F2O. The summed E-state index contributed by atoms with van der Waals surface area (Å²) in [6, 6.07) is 6.00. The largest absolute Gasteiger partial charge is 0.392 e. The maximum atomic E-state index is 12.2. The predicted molar refractivity (Wildman–Crippen MR) is 52.1 cm³/mol. The summed E-state index contributed by atoms with van der Waals surface area (Å²) in [5, 5.41) is 8.75. The van der Waals surface area contributed by atoms with Gasteiger partial charge in [0.15, 0.2) is 0 Å². The first-order chi connectivity index (χ1) is 6.63. The van der Waals surface area contributed by atoms with Crippen LogP contribution >= 0.6 is 0 Å². The first kappa shape index (κ1) is 10.9. The molecule has 0 fully saturated rings. The Kier molecular flexibility index (Phi) is 3.77. The second-order valence-corrected chi connectivity index (χ2v) is 3.12. The van der Waals surface area contributed by atoms with Crippen LogP contribution in [0.25, 0.3) is 6.08 Å². The zero-order chi connectivity index (χ0) is 10.6. The molecule has 0 amide bonds. The number of aliphatic hydroxyl groups is 1. The first-order valence-electron chi connectivity index (χ1n) is 4.29. The normalized spacial score (nSPS) is 12.2. The van der Waals surface area contributed by atoms with Gasteiger partial charge < -0.3 is 5.11 Å². The lowest BCUT2D eigenvalue weighted by Gasteiger charge is -2.00. The number of hydrogen-bond acceptors (Lipinski definition) is 1. The van der Waals surface area contributed by atoms with E-state index in [2.05, 4.69) is 0 Å². The van der Waals surface area contributed by atoms with E-state index in [0.717, 1.165) is 11.1 Å². The molecule has 14 heavy (non-hydrogen) atoms. The Bertz CT molecular complexity index is 315. The molecule has 1 rings (SSSR count). The van der Waals surface area contributed by atoms with Crippen molar-refractivity contribution < 1.29 is 13.9 Å².